The van der Waals surface area contributed by atoms with Gasteiger partial charge in [0.1, 0.15) is 5.82 Å². The largest absolute Gasteiger partial charge is 0.329 e. The zero-order chi connectivity index (χ0) is 15.7. The number of anilines is 1. The summed E-state index contributed by atoms with van der Waals surface area (Å²) < 4.78 is 13.5. The standard InChI is InChI=1S/C14H15FN4O3/c15-10-3-1-2-4-11(10)17-14(22)18-6-5-9(8-18)19-12(20)7-16-13(19)21/h1-4,9H,5-8H2,(H,16,21)(H,17,22). The second-order valence-corrected chi connectivity index (χ2v) is 5.22. The van der Waals surface area contributed by atoms with Crippen molar-refractivity contribution < 1.29 is 18.8 Å². The number of para-hydroxylation sites is 1. The van der Waals surface area contributed by atoms with Crippen LogP contribution in [-0.2, 0) is 4.79 Å². The highest BCUT2D eigenvalue weighted by atomic mass is 19.1. The van der Waals surface area contributed by atoms with Gasteiger partial charge in [0.05, 0.1) is 18.3 Å². The maximum Gasteiger partial charge on any atom is 0.324 e. The van der Waals surface area contributed by atoms with Gasteiger partial charge in [-0.3, -0.25) is 9.69 Å². The first-order valence-corrected chi connectivity index (χ1v) is 6.96. The molecule has 2 aliphatic heterocycles. The van der Waals surface area contributed by atoms with E-state index in [1.54, 1.807) is 6.07 Å². The van der Waals surface area contributed by atoms with Crippen LogP contribution in [0.2, 0.25) is 0 Å². The molecule has 0 aliphatic carbocycles. The zero-order valence-corrected chi connectivity index (χ0v) is 11.7. The number of hydrogen-bond donors (Lipinski definition) is 2. The van der Waals surface area contributed by atoms with Crippen LogP contribution in [0.5, 0.6) is 0 Å². The molecule has 1 unspecified atom stereocenters. The van der Waals surface area contributed by atoms with E-state index in [-0.39, 0.29) is 30.7 Å². The number of imide groups is 1. The molecule has 0 radical (unpaired) electrons. The van der Waals surface area contributed by atoms with Crippen molar-refractivity contribution in [3.05, 3.63) is 30.1 Å². The summed E-state index contributed by atoms with van der Waals surface area (Å²) in [5.74, 6) is -0.799. The fourth-order valence-electron chi connectivity index (χ4n) is 2.70. The lowest BCUT2D eigenvalue weighted by Crippen LogP contribution is -2.43. The number of benzene rings is 1. The summed E-state index contributed by atoms with van der Waals surface area (Å²) in [6.07, 6.45) is 0.518. The molecule has 0 spiro atoms. The number of carbonyl (C=O) groups excluding carboxylic acids is 3. The summed E-state index contributed by atoms with van der Waals surface area (Å²) in [6, 6.07) is 4.69. The van der Waals surface area contributed by atoms with Gasteiger partial charge in [0.25, 0.3) is 0 Å². The lowest BCUT2D eigenvalue weighted by molar-refractivity contribution is -0.126. The number of halogens is 1. The predicted octanol–water partition coefficient (Wildman–Crippen LogP) is 0.984. The smallest absolute Gasteiger partial charge is 0.324 e. The Bertz CT molecular complexity index is 620. The van der Waals surface area contributed by atoms with Crippen LogP contribution in [-0.4, -0.2) is 53.4 Å². The van der Waals surface area contributed by atoms with Crippen LogP contribution in [0, 0.1) is 5.82 Å². The monoisotopic (exact) mass is 306 g/mol. The summed E-state index contributed by atoms with van der Waals surface area (Å²) in [4.78, 5) is 38.0. The van der Waals surface area contributed by atoms with E-state index in [0.717, 1.165) is 4.90 Å². The molecule has 0 saturated carbocycles. The summed E-state index contributed by atoms with van der Waals surface area (Å²) in [6.45, 7) is 0.651. The number of nitrogens with zero attached hydrogens (tertiary/aromatic N) is 2. The number of carbonyl (C=O) groups is 3. The lowest BCUT2D eigenvalue weighted by Gasteiger charge is -2.21. The lowest BCUT2D eigenvalue weighted by atomic mass is 10.2. The van der Waals surface area contributed by atoms with Gasteiger partial charge in [0.2, 0.25) is 5.91 Å². The van der Waals surface area contributed by atoms with E-state index in [4.69, 9.17) is 0 Å². The second kappa shape index (κ2) is 5.63. The van der Waals surface area contributed by atoms with Crippen LogP contribution in [0.1, 0.15) is 6.42 Å². The number of likely N-dealkylation sites (tertiary alicyclic amines) is 1. The first-order valence-electron chi connectivity index (χ1n) is 6.96. The fraction of sp³-hybridized carbons (Fsp3) is 0.357. The van der Waals surface area contributed by atoms with Crippen molar-refractivity contribution in [1.82, 2.24) is 15.1 Å². The highest BCUT2D eigenvalue weighted by Gasteiger charge is 2.39. The Morgan fingerprint density at radius 1 is 1.32 bits per heavy atom. The number of amides is 5. The van der Waals surface area contributed by atoms with Gasteiger partial charge in [-0.15, -0.1) is 0 Å². The van der Waals surface area contributed by atoms with Gasteiger partial charge in [-0.25, -0.2) is 14.0 Å². The SMILES string of the molecule is O=C(Nc1ccccc1F)N1CCC(N2C(=O)CNC2=O)C1. The second-order valence-electron chi connectivity index (χ2n) is 5.22. The highest BCUT2D eigenvalue weighted by Crippen LogP contribution is 2.20. The Balaban J connectivity index is 1.63. The molecule has 2 aliphatic rings. The van der Waals surface area contributed by atoms with Crippen molar-refractivity contribution in [1.29, 1.82) is 0 Å². The van der Waals surface area contributed by atoms with Crippen molar-refractivity contribution in [3.63, 3.8) is 0 Å². The third-order valence-corrected chi connectivity index (χ3v) is 3.81. The topological polar surface area (TPSA) is 81.8 Å². The molecule has 7 nitrogen and oxygen atoms in total. The molecule has 8 heteroatoms. The maximum absolute atomic E-state index is 13.5. The Morgan fingerprint density at radius 2 is 2.09 bits per heavy atom. The number of urea groups is 2. The minimum absolute atomic E-state index is 0.00322. The summed E-state index contributed by atoms with van der Waals surface area (Å²) in [7, 11) is 0. The summed E-state index contributed by atoms with van der Waals surface area (Å²) in [5.41, 5.74) is 0.103. The average Bonchev–Trinajstić information content (AvgIpc) is 3.08. The van der Waals surface area contributed by atoms with Crippen LogP contribution >= 0.6 is 0 Å². The van der Waals surface area contributed by atoms with E-state index in [2.05, 4.69) is 10.6 Å². The summed E-state index contributed by atoms with van der Waals surface area (Å²) in [5, 5.41) is 4.95. The van der Waals surface area contributed by atoms with Gasteiger partial charge in [0.15, 0.2) is 0 Å². The van der Waals surface area contributed by atoms with Gasteiger partial charge >= 0.3 is 12.1 Å². The molecule has 1 aromatic carbocycles. The van der Waals surface area contributed by atoms with Crippen LogP contribution < -0.4 is 10.6 Å². The van der Waals surface area contributed by atoms with Gasteiger partial charge in [-0.1, -0.05) is 12.1 Å². The number of hydrogen-bond acceptors (Lipinski definition) is 3. The van der Waals surface area contributed by atoms with Crippen LogP contribution in [0.3, 0.4) is 0 Å². The Hall–Kier alpha value is -2.64. The van der Waals surface area contributed by atoms with Gasteiger partial charge in [0, 0.05) is 13.1 Å². The molecule has 22 heavy (non-hydrogen) atoms. The molecule has 2 saturated heterocycles. The molecular weight excluding hydrogens is 291 g/mol. The van der Waals surface area contributed by atoms with Gasteiger partial charge in [-0.2, -0.15) is 0 Å². The molecule has 2 heterocycles. The molecule has 2 fully saturated rings. The third kappa shape index (κ3) is 2.59. The highest BCUT2D eigenvalue weighted by molar-refractivity contribution is 6.02. The van der Waals surface area contributed by atoms with E-state index >= 15 is 0 Å². The Morgan fingerprint density at radius 3 is 2.77 bits per heavy atom. The molecule has 3 rings (SSSR count). The van der Waals surface area contributed by atoms with Gasteiger partial charge in [-0.05, 0) is 18.6 Å². The average molecular weight is 306 g/mol. The third-order valence-electron chi connectivity index (χ3n) is 3.81. The number of rotatable bonds is 2. The molecule has 1 atom stereocenters. The van der Waals surface area contributed by atoms with Crippen molar-refractivity contribution >= 4 is 23.7 Å². The minimum Gasteiger partial charge on any atom is -0.329 e. The summed E-state index contributed by atoms with van der Waals surface area (Å²) >= 11 is 0. The minimum atomic E-state index is -0.513. The van der Waals surface area contributed by atoms with Crippen molar-refractivity contribution in [2.24, 2.45) is 0 Å². The zero-order valence-electron chi connectivity index (χ0n) is 11.7. The molecule has 116 valence electrons. The quantitative estimate of drug-likeness (QED) is 0.799. The van der Waals surface area contributed by atoms with Crippen LogP contribution in [0.25, 0.3) is 0 Å². The fourth-order valence-corrected chi connectivity index (χ4v) is 2.70. The predicted molar refractivity (Wildman–Crippen MR) is 75.6 cm³/mol. The molecule has 2 N–H and O–H groups in total. The van der Waals surface area contributed by atoms with E-state index in [9.17, 15) is 18.8 Å². The molecule has 5 amide bonds. The van der Waals surface area contributed by atoms with Crippen molar-refractivity contribution in [2.75, 3.05) is 25.0 Å². The molecular formula is C14H15FN4O3. The first-order chi connectivity index (χ1) is 10.6. The van der Waals surface area contributed by atoms with Crippen molar-refractivity contribution in [2.45, 2.75) is 12.5 Å². The van der Waals surface area contributed by atoms with E-state index < -0.39 is 17.9 Å². The van der Waals surface area contributed by atoms with Crippen LogP contribution in [0.15, 0.2) is 24.3 Å². The van der Waals surface area contributed by atoms with Crippen molar-refractivity contribution in [3.8, 4) is 0 Å². The van der Waals surface area contributed by atoms with E-state index in [0.29, 0.717) is 13.0 Å². The Labute approximate surface area is 126 Å². The van der Waals surface area contributed by atoms with Gasteiger partial charge < -0.3 is 15.5 Å². The number of nitrogens with one attached hydrogen (secondary N) is 2. The first kappa shape index (κ1) is 14.3. The van der Waals surface area contributed by atoms with E-state index in [1.807, 2.05) is 0 Å². The van der Waals surface area contributed by atoms with Crippen LogP contribution in [0.4, 0.5) is 19.7 Å². The Kier molecular flexibility index (Phi) is 3.66. The normalized spacial score (nSPS) is 21.2. The molecule has 1 aromatic rings. The molecule has 0 aromatic heterocycles. The van der Waals surface area contributed by atoms with E-state index in [1.165, 1.54) is 23.1 Å². The maximum atomic E-state index is 13.5. The molecule has 0 bridgehead atoms.